The van der Waals surface area contributed by atoms with Crippen molar-refractivity contribution >= 4 is 29.2 Å². The minimum absolute atomic E-state index is 0.0151. The van der Waals surface area contributed by atoms with E-state index in [1.165, 1.54) is 6.26 Å². The van der Waals surface area contributed by atoms with Gasteiger partial charge in [0.25, 0.3) is 0 Å². The Labute approximate surface area is 227 Å². The topological polar surface area (TPSA) is 140 Å². The summed E-state index contributed by atoms with van der Waals surface area (Å²) in [4.78, 5) is 63.3. The highest BCUT2D eigenvalue weighted by Crippen LogP contribution is 2.66. The molecule has 9 nitrogen and oxygen atoms in total. The molecule has 1 aromatic heterocycles. The number of nitrogens with one attached hydrogen (secondary N) is 1. The lowest BCUT2D eigenvalue weighted by atomic mass is 9.46. The highest BCUT2D eigenvalue weighted by molar-refractivity contribution is 5.95. The van der Waals surface area contributed by atoms with Crippen molar-refractivity contribution in [3.8, 4) is 0 Å². The number of furan rings is 1. The molecule has 0 aromatic carbocycles. The monoisotopic (exact) mass is 539 g/mol. The fourth-order valence-corrected chi connectivity index (χ4v) is 8.09. The Bertz CT molecular complexity index is 1220. The van der Waals surface area contributed by atoms with Gasteiger partial charge in [0, 0.05) is 30.6 Å². The summed E-state index contributed by atoms with van der Waals surface area (Å²) in [5.74, 6) is -1.07. The molecule has 3 fully saturated rings. The quantitative estimate of drug-likeness (QED) is 0.480. The lowest BCUT2D eigenvalue weighted by Crippen LogP contribution is -2.61. The van der Waals surface area contributed by atoms with Crippen LogP contribution in [-0.2, 0) is 35.3 Å². The van der Waals surface area contributed by atoms with Crippen molar-refractivity contribution in [3.63, 3.8) is 0 Å². The van der Waals surface area contributed by atoms with Crippen LogP contribution in [0.15, 0.2) is 34.5 Å². The molecule has 2 N–H and O–H groups in total. The Hall–Kier alpha value is -3.07. The van der Waals surface area contributed by atoms with Gasteiger partial charge in [-0.2, -0.15) is 0 Å². The molecule has 1 amide bonds. The molecule has 4 aliphatic carbocycles. The maximum atomic E-state index is 13.7. The third kappa shape index (κ3) is 4.68. The molecule has 3 saturated carbocycles. The van der Waals surface area contributed by atoms with Crippen LogP contribution in [0, 0.1) is 28.6 Å². The number of ketones is 3. The number of fused-ring (bicyclic) bond motifs is 5. The molecule has 39 heavy (non-hydrogen) atoms. The van der Waals surface area contributed by atoms with Gasteiger partial charge in [-0.15, -0.1) is 0 Å². The first-order valence-electron chi connectivity index (χ1n) is 13.9. The SMILES string of the molecule is C[C@]12CCC(=O)C=C1CC[C@@H]1[C@@H]2C(=O)C[C@@]2(C)[C@H]1CC[C@]2(O)C(=O)COC(=O)CCC(=O)NCc1ccco1. The van der Waals surface area contributed by atoms with Crippen molar-refractivity contribution in [1.82, 2.24) is 5.32 Å². The van der Waals surface area contributed by atoms with E-state index in [9.17, 15) is 29.1 Å². The highest BCUT2D eigenvalue weighted by atomic mass is 16.5. The summed E-state index contributed by atoms with van der Waals surface area (Å²) in [6.45, 7) is 3.55. The Morgan fingerprint density at radius 3 is 2.67 bits per heavy atom. The van der Waals surface area contributed by atoms with Gasteiger partial charge in [-0.3, -0.25) is 24.0 Å². The van der Waals surface area contributed by atoms with Gasteiger partial charge in [0.1, 0.15) is 17.1 Å². The van der Waals surface area contributed by atoms with E-state index in [0.717, 1.165) is 18.4 Å². The molecule has 6 atom stereocenters. The van der Waals surface area contributed by atoms with Crippen LogP contribution in [0.1, 0.15) is 77.4 Å². The predicted molar refractivity (Wildman–Crippen MR) is 138 cm³/mol. The van der Waals surface area contributed by atoms with E-state index >= 15 is 0 Å². The number of allylic oxidation sites excluding steroid dienone is 1. The number of amides is 1. The molecular weight excluding hydrogens is 502 g/mol. The van der Waals surface area contributed by atoms with Gasteiger partial charge in [0.2, 0.25) is 11.7 Å². The minimum atomic E-state index is -1.77. The van der Waals surface area contributed by atoms with Crippen LogP contribution < -0.4 is 5.32 Å². The molecule has 0 unspecified atom stereocenters. The molecule has 0 bridgehead atoms. The Kier molecular flexibility index (Phi) is 7.16. The molecule has 0 radical (unpaired) electrons. The van der Waals surface area contributed by atoms with E-state index in [2.05, 4.69) is 12.2 Å². The van der Waals surface area contributed by atoms with Gasteiger partial charge < -0.3 is 19.6 Å². The lowest BCUT2D eigenvalue weighted by molar-refractivity contribution is -0.173. The number of esters is 1. The fourth-order valence-electron chi connectivity index (χ4n) is 8.09. The van der Waals surface area contributed by atoms with Crippen LogP contribution in [0.2, 0.25) is 0 Å². The largest absolute Gasteiger partial charge is 0.467 e. The van der Waals surface area contributed by atoms with Gasteiger partial charge in [-0.1, -0.05) is 19.4 Å². The predicted octanol–water partition coefficient (Wildman–Crippen LogP) is 3.23. The minimum Gasteiger partial charge on any atom is -0.467 e. The van der Waals surface area contributed by atoms with Crippen LogP contribution in [0.25, 0.3) is 0 Å². The average Bonchev–Trinajstić information content (AvgIpc) is 3.51. The summed E-state index contributed by atoms with van der Waals surface area (Å²) < 4.78 is 10.3. The standard InChI is InChI=1S/C30H37NO8/c1-28-11-9-19(32)14-18(28)5-6-21-22-10-12-30(37,29(22,2)15-23(33)27(21)28)24(34)17-39-26(36)8-7-25(35)31-16-20-4-3-13-38-20/h3-4,13-14,21-22,27,37H,5-12,15-17H2,1-2H3,(H,31,35)/t21-,22-,27+,28-,29-,30-/m0/s1. The van der Waals surface area contributed by atoms with E-state index < -0.39 is 29.4 Å². The molecule has 9 heteroatoms. The number of Topliss-reactive ketones (excluding diaryl/α,β-unsaturated/α-hetero) is 2. The molecule has 1 aromatic rings. The third-order valence-corrected chi connectivity index (χ3v) is 10.2. The average molecular weight is 540 g/mol. The number of carbonyl (C=O) groups is 5. The molecule has 0 aliphatic heterocycles. The van der Waals surface area contributed by atoms with E-state index in [1.54, 1.807) is 18.2 Å². The zero-order chi connectivity index (χ0) is 28.0. The lowest BCUT2D eigenvalue weighted by Gasteiger charge is -2.57. The van der Waals surface area contributed by atoms with E-state index in [4.69, 9.17) is 9.15 Å². The van der Waals surface area contributed by atoms with Gasteiger partial charge in [-0.25, -0.2) is 0 Å². The summed E-state index contributed by atoms with van der Waals surface area (Å²) in [5.41, 5.74) is -1.98. The first-order valence-corrected chi connectivity index (χ1v) is 13.9. The third-order valence-electron chi connectivity index (χ3n) is 10.2. The van der Waals surface area contributed by atoms with Crippen LogP contribution in [0.3, 0.4) is 0 Å². The van der Waals surface area contributed by atoms with Gasteiger partial charge in [0.15, 0.2) is 12.4 Å². The van der Waals surface area contributed by atoms with Crippen molar-refractivity contribution in [2.24, 2.45) is 28.6 Å². The summed E-state index contributed by atoms with van der Waals surface area (Å²) >= 11 is 0. The van der Waals surface area contributed by atoms with Crippen molar-refractivity contribution in [2.45, 2.75) is 83.8 Å². The van der Waals surface area contributed by atoms with Crippen molar-refractivity contribution in [2.75, 3.05) is 6.61 Å². The summed E-state index contributed by atoms with van der Waals surface area (Å²) in [6, 6.07) is 3.43. The second-order valence-electron chi connectivity index (χ2n) is 12.2. The number of rotatable bonds is 8. The number of hydrogen-bond donors (Lipinski definition) is 2. The molecular formula is C30H37NO8. The number of aliphatic hydroxyl groups is 1. The number of carbonyl (C=O) groups excluding carboxylic acids is 5. The molecule has 1 heterocycles. The smallest absolute Gasteiger partial charge is 0.306 e. The molecule has 0 spiro atoms. The Morgan fingerprint density at radius 1 is 1.13 bits per heavy atom. The maximum absolute atomic E-state index is 13.7. The van der Waals surface area contributed by atoms with E-state index in [-0.39, 0.29) is 72.9 Å². The highest BCUT2D eigenvalue weighted by Gasteiger charge is 2.68. The molecule has 0 saturated heterocycles. The van der Waals surface area contributed by atoms with Crippen LogP contribution >= 0.6 is 0 Å². The number of hydrogen-bond acceptors (Lipinski definition) is 8. The van der Waals surface area contributed by atoms with E-state index in [0.29, 0.717) is 25.0 Å². The van der Waals surface area contributed by atoms with Crippen LogP contribution in [0.5, 0.6) is 0 Å². The molecule has 5 rings (SSSR count). The zero-order valence-electron chi connectivity index (χ0n) is 22.6. The first-order chi connectivity index (χ1) is 18.5. The second-order valence-corrected chi connectivity index (χ2v) is 12.2. The first kappa shape index (κ1) is 27.5. The second kappa shape index (κ2) is 10.2. The van der Waals surface area contributed by atoms with Crippen molar-refractivity contribution in [1.29, 1.82) is 0 Å². The summed E-state index contributed by atoms with van der Waals surface area (Å²) in [6.07, 6.45) is 6.47. The van der Waals surface area contributed by atoms with E-state index in [1.807, 2.05) is 6.92 Å². The Balaban J connectivity index is 1.19. The van der Waals surface area contributed by atoms with Crippen LogP contribution in [-0.4, -0.2) is 46.5 Å². The summed E-state index contributed by atoms with van der Waals surface area (Å²) in [7, 11) is 0. The normalized spacial score (nSPS) is 35.4. The van der Waals surface area contributed by atoms with Gasteiger partial charge in [0.05, 0.1) is 19.2 Å². The van der Waals surface area contributed by atoms with Gasteiger partial charge in [-0.05, 0) is 67.6 Å². The summed E-state index contributed by atoms with van der Waals surface area (Å²) in [5, 5.41) is 14.4. The maximum Gasteiger partial charge on any atom is 0.306 e. The van der Waals surface area contributed by atoms with Gasteiger partial charge >= 0.3 is 5.97 Å². The van der Waals surface area contributed by atoms with Crippen molar-refractivity contribution < 1.29 is 38.2 Å². The zero-order valence-corrected chi connectivity index (χ0v) is 22.6. The van der Waals surface area contributed by atoms with Crippen molar-refractivity contribution in [3.05, 3.63) is 35.8 Å². The van der Waals surface area contributed by atoms with Crippen LogP contribution in [0.4, 0.5) is 0 Å². The fraction of sp³-hybridized carbons (Fsp3) is 0.633. The molecule has 210 valence electrons. The Morgan fingerprint density at radius 2 is 1.92 bits per heavy atom. The number of ether oxygens (including phenoxy) is 1. The molecule has 4 aliphatic rings.